The summed E-state index contributed by atoms with van der Waals surface area (Å²) in [6.07, 6.45) is 2.55. The number of carboxylic acid groups (broad SMARTS) is 2. The van der Waals surface area contributed by atoms with E-state index >= 15 is 0 Å². The van der Waals surface area contributed by atoms with Crippen LogP contribution in [0.2, 0.25) is 0 Å². The number of aliphatic hydroxyl groups is 2. The second-order valence-corrected chi connectivity index (χ2v) is 7.45. The van der Waals surface area contributed by atoms with E-state index < -0.39 is 11.9 Å². The Morgan fingerprint density at radius 3 is 1.26 bits per heavy atom. The lowest BCUT2D eigenvalue weighted by Crippen LogP contribution is -2.42. The molecule has 2 aromatic rings. The minimum Gasteiger partial charge on any atom is -0.478 e. The molecule has 6 nitrogen and oxygen atoms in total. The summed E-state index contributed by atoms with van der Waals surface area (Å²) < 4.78 is 0. The maximum atomic E-state index is 10.2. The normalized spacial score (nSPS) is 13.9. The lowest BCUT2D eigenvalue weighted by atomic mass is 9.73. The van der Waals surface area contributed by atoms with Crippen molar-refractivity contribution < 1.29 is 30.0 Å². The predicted octanol–water partition coefficient (Wildman–Crippen LogP) is 5.10. The molecule has 0 bridgehead atoms. The van der Waals surface area contributed by atoms with Crippen molar-refractivity contribution in [3.8, 4) is 0 Å². The molecule has 4 N–H and O–H groups in total. The first-order valence-corrected chi connectivity index (χ1v) is 10.6. The van der Waals surface area contributed by atoms with Crippen LogP contribution in [0.25, 0.3) is 0 Å². The van der Waals surface area contributed by atoms with Crippen molar-refractivity contribution in [3.63, 3.8) is 0 Å². The molecule has 0 saturated heterocycles. The van der Waals surface area contributed by atoms with Crippen molar-refractivity contribution in [2.45, 2.75) is 65.6 Å². The summed E-state index contributed by atoms with van der Waals surface area (Å²) in [4.78, 5) is 20.4. The van der Waals surface area contributed by atoms with Crippen LogP contribution in [0.4, 0.5) is 0 Å². The van der Waals surface area contributed by atoms with E-state index in [1.165, 1.54) is 0 Å². The van der Waals surface area contributed by atoms with Gasteiger partial charge in [-0.05, 0) is 43.5 Å². The van der Waals surface area contributed by atoms with Crippen LogP contribution in [0.5, 0.6) is 0 Å². The van der Waals surface area contributed by atoms with Gasteiger partial charge in [0.15, 0.2) is 0 Å². The minimum atomic E-state index is -0.879. The van der Waals surface area contributed by atoms with E-state index in [-0.39, 0.29) is 17.6 Å². The third kappa shape index (κ3) is 10.2. The molecule has 0 heterocycles. The molecule has 0 spiro atoms. The van der Waals surface area contributed by atoms with Crippen LogP contribution in [0.1, 0.15) is 74.1 Å². The minimum absolute atomic E-state index is 0.321. The Bertz CT molecular complexity index is 686. The van der Waals surface area contributed by atoms with Crippen molar-refractivity contribution in [3.05, 3.63) is 71.8 Å². The zero-order chi connectivity index (χ0) is 23.9. The van der Waals surface area contributed by atoms with Crippen molar-refractivity contribution in [2.24, 2.45) is 5.41 Å². The van der Waals surface area contributed by atoms with Gasteiger partial charge in [-0.25, -0.2) is 9.59 Å². The zero-order valence-corrected chi connectivity index (χ0v) is 18.9. The van der Waals surface area contributed by atoms with Crippen molar-refractivity contribution in [2.75, 3.05) is 0 Å². The van der Waals surface area contributed by atoms with Gasteiger partial charge in [-0.15, -0.1) is 0 Å². The number of benzene rings is 2. The van der Waals surface area contributed by atoms with Crippen molar-refractivity contribution >= 4 is 11.9 Å². The average Bonchev–Trinajstić information content (AvgIpc) is 2.79. The molecule has 6 heteroatoms. The van der Waals surface area contributed by atoms with E-state index in [4.69, 9.17) is 10.2 Å². The van der Waals surface area contributed by atoms with E-state index in [0.717, 1.165) is 12.8 Å². The van der Waals surface area contributed by atoms with Gasteiger partial charge < -0.3 is 20.4 Å². The number of hydrogen-bond acceptors (Lipinski definition) is 4. The standard InChI is InChI=1S/C11H24O2.2C7H6O2/c1-5-8-11(4,9(12)6-2)10(13)7-3;2*8-7(9)6-4-2-1-3-5-6/h9-10,12-13H,5-8H2,1-4H3;2*1-5H,(H,8,9). The third-order valence-corrected chi connectivity index (χ3v) is 5.13. The van der Waals surface area contributed by atoms with Crippen LogP contribution in [0.15, 0.2) is 60.7 Å². The molecule has 0 fully saturated rings. The quantitative estimate of drug-likeness (QED) is 0.461. The van der Waals surface area contributed by atoms with E-state index in [9.17, 15) is 19.8 Å². The van der Waals surface area contributed by atoms with Gasteiger partial charge in [-0.3, -0.25) is 0 Å². The second-order valence-electron chi connectivity index (χ2n) is 7.45. The summed E-state index contributed by atoms with van der Waals surface area (Å²) >= 11 is 0. The summed E-state index contributed by atoms with van der Waals surface area (Å²) in [7, 11) is 0. The van der Waals surface area contributed by atoms with Crippen LogP contribution in [-0.4, -0.2) is 44.6 Å². The molecule has 172 valence electrons. The van der Waals surface area contributed by atoms with Gasteiger partial charge in [0.25, 0.3) is 0 Å². The Hall–Kier alpha value is -2.70. The lowest BCUT2D eigenvalue weighted by molar-refractivity contribution is -0.0671. The predicted molar refractivity (Wildman–Crippen MR) is 122 cm³/mol. The van der Waals surface area contributed by atoms with E-state index in [1.54, 1.807) is 60.7 Å². The monoisotopic (exact) mass is 432 g/mol. The van der Waals surface area contributed by atoms with Crippen LogP contribution >= 0.6 is 0 Å². The molecule has 0 aliphatic rings. The Labute approximate surface area is 185 Å². The molecule has 0 radical (unpaired) electrons. The summed E-state index contributed by atoms with van der Waals surface area (Å²) in [6.45, 7) is 7.99. The van der Waals surface area contributed by atoms with Gasteiger partial charge in [0.2, 0.25) is 0 Å². The van der Waals surface area contributed by atoms with Crippen LogP contribution in [-0.2, 0) is 0 Å². The number of aromatic carboxylic acids is 2. The molecule has 31 heavy (non-hydrogen) atoms. The van der Waals surface area contributed by atoms with Gasteiger partial charge in [0, 0.05) is 5.41 Å². The van der Waals surface area contributed by atoms with Crippen molar-refractivity contribution in [1.82, 2.24) is 0 Å². The molecular formula is C25H36O6. The molecule has 0 saturated carbocycles. The third-order valence-electron chi connectivity index (χ3n) is 5.13. The number of carbonyl (C=O) groups is 2. The average molecular weight is 433 g/mol. The van der Waals surface area contributed by atoms with Gasteiger partial charge in [-0.1, -0.05) is 70.5 Å². The second kappa shape index (κ2) is 15.2. The maximum Gasteiger partial charge on any atom is 0.335 e. The number of hydrogen-bond donors (Lipinski definition) is 4. The lowest BCUT2D eigenvalue weighted by Gasteiger charge is -2.38. The molecule has 0 aliphatic carbocycles. The SMILES string of the molecule is CCCC(C)(C(O)CC)C(O)CC.O=C(O)c1ccccc1.O=C(O)c1ccccc1. The summed E-state index contributed by atoms with van der Waals surface area (Å²) in [5.74, 6) is -1.76. The Morgan fingerprint density at radius 2 is 1.06 bits per heavy atom. The molecule has 0 aromatic heterocycles. The first-order valence-electron chi connectivity index (χ1n) is 10.6. The summed E-state index contributed by atoms with van der Waals surface area (Å²) in [5, 5.41) is 36.5. The highest BCUT2D eigenvalue weighted by molar-refractivity contribution is 5.87. The fraction of sp³-hybridized carbons (Fsp3) is 0.440. The topological polar surface area (TPSA) is 115 Å². The largest absolute Gasteiger partial charge is 0.478 e. The van der Waals surface area contributed by atoms with Crippen LogP contribution in [0.3, 0.4) is 0 Å². The van der Waals surface area contributed by atoms with Gasteiger partial charge in [0.1, 0.15) is 0 Å². The Morgan fingerprint density at radius 1 is 0.742 bits per heavy atom. The first kappa shape index (κ1) is 28.3. The molecular weight excluding hydrogens is 396 g/mol. The zero-order valence-electron chi connectivity index (χ0n) is 18.9. The molecule has 2 rings (SSSR count). The van der Waals surface area contributed by atoms with E-state index in [2.05, 4.69) is 6.92 Å². The Kier molecular flexibility index (Phi) is 13.8. The number of aliphatic hydroxyl groups excluding tert-OH is 2. The fourth-order valence-electron chi connectivity index (χ4n) is 3.19. The van der Waals surface area contributed by atoms with Gasteiger partial charge in [-0.2, -0.15) is 0 Å². The molecule has 0 amide bonds. The summed E-state index contributed by atoms with van der Waals surface area (Å²) in [5.41, 5.74) is 0.341. The fourth-order valence-corrected chi connectivity index (χ4v) is 3.19. The van der Waals surface area contributed by atoms with Gasteiger partial charge in [0.05, 0.1) is 23.3 Å². The molecule has 2 aromatic carbocycles. The van der Waals surface area contributed by atoms with Gasteiger partial charge >= 0.3 is 11.9 Å². The summed E-state index contributed by atoms with van der Waals surface area (Å²) in [6, 6.07) is 16.6. The molecule has 2 unspecified atom stereocenters. The first-order chi connectivity index (χ1) is 14.6. The number of rotatable bonds is 8. The Balaban J connectivity index is 0.000000445. The maximum absolute atomic E-state index is 10.2. The smallest absolute Gasteiger partial charge is 0.335 e. The molecule has 0 aliphatic heterocycles. The van der Waals surface area contributed by atoms with Crippen LogP contribution in [0, 0.1) is 5.41 Å². The molecule has 2 atom stereocenters. The van der Waals surface area contributed by atoms with Crippen LogP contribution < -0.4 is 0 Å². The van der Waals surface area contributed by atoms with Crippen molar-refractivity contribution in [1.29, 1.82) is 0 Å². The highest BCUT2D eigenvalue weighted by Crippen LogP contribution is 2.34. The number of carboxylic acids is 2. The van der Waals surface area contributed by atoms with E-state index in [1.807, 2.05) is 20.8 Å². The van der Waals surface area contributed by atoms with E-state index in [0.29, 0.717) is 24.0 Å². The highest BCUT2D eigenvalue weighted by atomic mass is 16.4. The highest BCUT2D eigenvalue weighted by Gasteiger charge is 2.37.